The molecule has 3 unspecified atom stereocenters. The number of hydrogen-bond acceptors (Lipinski definition) is 2. The third kappa shape index (κ3) is 3.34. The summed E-state index contributed by atoms with van der Waals surface area (Å²) in [6.45, 7) is 2.34. The van der Waals surface area contributed by atoms with Crippen molar-refractivity contribution in [3.05, 3.63) is 180 Å². The van der Waals surface area contributed by atoms with Crippen molar-refractivity contribution in [2.45, 2.75) is 12.3 Å². The first-order chi connectivity index (χ1) is 23.1. The second-order valence-corrected chi connectivity index (χ2v) is 15.9. The Morgan fingerprint density at radius 1 is 0.617 bits per heavy atom. The highest BCUT2D eigenvalue weighted by Gasteiger charge is 2.59. The summed E-state index contributed by atoms with van der Waals surface area (Å²) in [7, 11) is -3.27. The van der Waals surface area contributed by atoms with Crippen LogP contribution < -0.4 is 15.9 Å². The van der Waals surface area contributed by atoms with E-state index in [0.29, 0.717) is 0 Å². The molecule has 2 nitrogen and oxygen atoms in total. The maximum absolute atomic E-state index is 16.0. The van der Waals surface area contributed by atoms with Crippen molar-refractivity contribution in [2.75, 3.05) is 0 Å². The summed E-state index contributed by atoms with van der Waals surface area (Å²) in [5.74, 6) is 0.362. The van der Waals surface area contributed by atoms with E-state index < -0.39 is 12.6 Å². The number of para-hydroxylation sites is 1. The second kappa shape index (κ2) is 9.67. The SMILES string of the molecule is CC1C=CC=C2c3c(cccc3P(=O)(c3ccccc3)c3ccccc3)C3(c4ccccc4-c4c3ccc3c4oc4ccccc43)C21. The van der Waals surface area contributed by atoms with Gasteiger partial charge in [0.1, 0.15) is 11.2 Å². The molecule has 0 saturated carbocycles. The van der Waals surface area contributed by atoms with E-state index in [9.17, 15) is 0 Å². The smallest absolute Gasteiger partial charge is 0.171 e. The van der Waals surface area contributed by atoms with Crippen molar-refractivity contribution in [3.63, 3.8) is 0 Å². The molecule has 224 valence electrons. The van der Waals surface area contributed by atoms with E-state index in [4.69, 9.17) is 4.42 Å². The van der Waals surface area contributed by atoms with Gasteiger partial charge in [-0.2, -0.15) is 0 Å². The molecule has 1 heterocycles. The molecule has 3 atom stereocenters. The summed E-state index contributed by atoms with van der Waals surface area (Å²) in [6, 6.07) is 48.6. The fraction of sp³-hybridized carbons (Fsp3) is 0.0909. The number of fused-ring (bicyclic) bond motifs is 14. The van der Waals surface area contributed by atoms with Gasteiger partial charge in [-0.25, -0.2) is 0 Å². The highest BCUT2D eigenvalue weighted by molar-refractivity contribution is 7.85. The lowest BCUT2D eigenvalue weighted by Crippen LogP contribution is -2.36. The third-order valence-electron chi connectivity index (χ3n) is 10.9. The van der Waals surface area contributed by atoms with Crippen LogP contribution in [0.5, 0.6) is 0 Å². The first-order valence-corrected chi connectivity index (χ1v) is 18.1. The largest absolute Gasteiger partial charge is 0.455 e. The van der Waals surface area contributed by atoms with Crippen LogP contribution in [-0.2, 0) is 9.98 Å². The van der Waals surface area contributed by atoms with Gasteiger partial charge in [-0.15, -0.1) is 0 Å². The Bertz CT molecular complexity index is 2480. The van der Waals surface area contributed by atoms with Crippen molar-refractivity contribution in [1.29, 1.82) is 0 Å². The predicted octanol–water partition coefficient (Wildman–Crippen LogP) is 9.76. The first kappa shape index (κ1) is 27.0. The van der Waals surface area contributed by atoms with Crippen LogP contribution in [0.25, 0.3) is 38.6 Å². The number of benzene rings is 6. The number of hydrogen-bond donors (Lipinski definition) is 0. The van der Waals surface area contributed by atoms with Crippen LogP contribution in [0.2, 0.25) is 0 Å². The second-order valence-electron chi connectivity index (χ2n) is 13.1. The van der Waals surface area contributed by atoms with Crippen LogP contribution in [0.15, 0.2) is 162 Å². The van der Waals surface area contributed by atoms with Gasteiger partial charge in [-0.05, 0) is 45.4 Å². The van der Waals surface area contributed by atoms with E-state index in [1.165, 1.54) is 33.4 Å². The zero-order valence-corrected chi connectivity index (χ0v) is 26.8. The number of furan rings is 1. The van der Waals surface area contributed by atoms with Gasteiger partial charge >= 0.3 is 0 Å². The Hall–Kier alpha value is -5.17. The molecule has 0 saturated heterocycles. The molecule has 1 spiro atoms. The topological polar surface area (TPSA) is 30.2 Å². The van der Waals surface area contributed by atoms with Crippen molar-refractivity contribution in [2.24, 2.45) is 11.8 Å². The van der Waals surface area contributed by atoms with E-state index in [1.807, 2.05) is 66.7 Å². The van der Waals surface area contributed by atoms with Gasteiger partial charge in [-0.3, -0.25) is 0 Å². The lowest BCUT2D eigenvalue weighted by molar-refractivity contribution is 0.406. The molecule has 10 rings (SSSR count). The fourth-order valence-corrected chi connectivity index (χ4v) is 12.1. The fourth-order valence-electron chi connectivity index (χ4n) is 9.20. The summed E-state index contributed by atoms with van der Waals surface area (Å²) >= 11 is 0. The van der Waals surface area contributed by atoms with Crippen LogP contribution in [0.1, 0.15) is 29.2 Å². The van der Waals surface area contributed by atoms with Crippen LogP contribution in [0.4, 0.5) is 0 Å². The molecular formula is C44H31O2P. The van der Waals surface area contributed by atoms with Crippen molar-refractivity contribution in [3.8, 4) is 11.1 Å². The third-order valence-corrected chi connectivity index (χ3v) is 14.0. The molecule has 3 heteroatoms. The lowest BCUT2D eigenvalue weighted by atomic mass is 9.62. The molecule has 0 amide bonds. The van der Waals surface area contributed by atoms with Crippen LogP contribution in [0, 0.1) is 11.8 Å². The number of allylic oxidation sites excluding steroid dienone is 4. The normalized spacial score (nSPS) is 20.7. The molecule has 0 fully saturated rings. The minimum absolute atomic E-state index is 0.118. The Morgan fingerprint density at radius 2 is 1.28 bits per heavy atom. The average Bonchev–Trinajstić information content (AvgIpc) is 3.76. The van der Waals surface area contributed by atoms with E-state index in [0.717, 1.165) is 43.4 Å². The summed E-state index contributed by atoms with van der Waals surface area (Å²) < 4.78 is 22.8. The van der Waals surface area contributed by atoms with Gasteiger partial charge in [0, 0.05) is 38.2 Å². The molecule has 0 bridgehead atoms. The zero-order valence-electron chi connectivity index (χ0n) is 25.9. The standard InChI is InChI=1S/C44H31O2P/c1-28-14-12-21-34-40-36(23-13-25-39(40)47(45,29-15-4-2-5-16-29)30-17-6-3-7-18-30)44(42(28)34)35-22-10-8-20-33(35)41-37(44)27-26-32-31-19-9-11-24-38(31)46-43(32)41/h2-28,42H,1H3. The van der Waals surface area contributed by atoms with E-state index in [2.05, 4.69) is 97.9 Å². The molecule has 7 aromatic rings. The highest BCUT2D eigenvalue weighted by atomic mass is 31.2. The van der Waals surface area contributed by atoms with Crippen molar-refractivity contribution < 1.29 is 8.98 Å². The van der Waals surface area contributed by atoms with Gasteiger partial charge in [-0.1, -0.05) is 159 Å². The molecule has 0 aliphatic heterocycles. The predicted molar refractivity (Wildman–Crippen MR) is 195 cm³/mol. The zero-order chi connectivity index (χ0) is 31.3. The molecule has 3 aliphatic carbocycles. The quantitative estimate of drug-likeness (QED) is 0.184. The van der Waals surface area contributed by atoms with Gasteiger partial charge in [0.2, 0.25) is 0 Å². The lowest BCUT2D eigenvalue weighted by Gasteiger charge is -2.39. The van der Waals surface area contributed by atoms with E-state index in [-0.39, 0.29) is 11.8 Å². The maximum atomic E-state index is 16.0. The highest BCUT2D eigenvalue weighted by Crippen LogP contribution is 2.68. The van der Waals surface area contributed by atoms with Gasteiger partial charge in [0.25, 0.3) is 0 Å². The Labute approximate surface area is 274 Å². The van der Waals surface area contributed by atoms with Crippen LogP contribution in [0.3, 0.4) is 0 Å². The Morgan fingerprint density at radius 3 is 2.06 bits per heavy atom. The molecule has 0 N–H and O–H groups in total. The molecule has 6 aromatic carbocycles. The minimum Gasteiger partial charge on any atom is -0.455 e. The van der Waals surface area contributed by atoms with E-state index >= 15 is 4.57 Å². The van der Waals surface area contributed by atoms with E-state index in [1.54, 1.807) is 0 Å². The van der Waals surface area contributed by atoms with Gasteiger partial charge < -0.3 is 8.98 Å². The summed E-state index contributed by atoms with van der Waals surface area (Å²) in [5.41, 5.74) is 9.99. The van der Waals surface area contributed by atoms with Gasteiger partial charge in [0.05, 0.1) is 5.41 Å². The first-order valence-electron chi connectivity index (χ1n) is 16.4. The summed E-state index contributed by atoms with van der Waals surface area (Å²) in [5, 5.41) is 4.91. The number of rotatable bonds is 3. The Balaban J connectivity index is 1.36. The average molecular weight is 623 g/mol. The van der Waals surface area contributed by atoms with Gasteiger partial charge in [0.15, 0.2) is 7.14 Å². The monoisotopic (exact) mass is 622 g/mol. The van der Waals surface area contributed by atoms with Crippen molar-refractivity contribution >= 4 is 50.6 Å². The van der Waals surface area contributed by atoms with Crippen LogP contribution >= 0.6 is 7.14 Å². The molecule has 0 radical (unpaired) electrons. The molecule has 47 heavy (non-hydrogen) atoms. The Kier molecular flexibility index (Phi) is 5.55. The molecule has 1 aromatic heterocycles. The minimum atomic E-state index is -3.27. The summed E-state index contributed by atoms with van der Waals surface area (Å²) in [6.07, 6.45) is 6.84. The maximum Gasteiger partial charge on any atom is 0.171 e. The van der Waals surface area contributed by atoms with Crippen LogP contribution in [-0.4, -0.2) is 0 Å². The molecular weight excluding hydrogens is 591 g/mol. The van der Waals surface area contributed by atoms with Crippen molar-refractivity contribution in [1.82, 2.24) is 0 Å². The molecule has 3 aliphatic rings. The summed E-state index contributed by atoms with van der Waals surface area (Å²) in [4.78, 5) is 0.